The van der Waals surface area contributed by atoms with Gasteiger partial charge in [0.25, 0.3) is 0 Å². The van der Waals surface area contributed by atoms with Crippen LogP contribution in [-0.2, 0) is 5.41 Å². The number of nitrogens with zero attached hydrogens (tertiary/aromatic N) is 1. The molecule has 3 aliphatic rings. The quantitative estimate of drug-likeness (QED) is 0.159. The Kier molecular flexibility index (Phi) is 7.61. The van der Waals surface area contributed by atoms with Gasteiger partial charge in [-0.2, -0.15) is 4.58 Å². The molecule has 1 unspecified atom stereocenters. The van der Waals surface area contributed by atoms with Crippen LogP contribution in [0, 0.1) is 5.41 Å². The van der Waals surface area contributed by atoms with Crippen LogP contribution in [0.4, 0.5) is 17.1 Å². The number of halogens is 2. The number of rotatable bonds is 0. The van der Waals surface area contributed by atoms with Crippen molar-refractivity contribution in [1.82, 2.24) is 0 Å². The van der Waals surface area contributed by atoms with Crippen LogP contribution in [0.1, 0.15) is 39.7 Å². The van der Waals surface area contributed by atoms with Gasteiger partial charge in [0.2, 0.25) is 5.69 Å². The fourth-order valence-electron chi connectivity index (χ4n) is 5.81. The molecule has 3 aromatic rings. The molecular formula is C29H32I2N2. The van der Waals surface area contributed by atoms with Crippen LogP contribution in [0.2, 0.25) is 0 Å². The van der Waals surface area contributed by atoms with Crippen molar-refractivity contribution in [1.29, 1.82) is 0 Å². The van der Waals surface area contributed by atoms with Gasteiger partial charge in [-0.05, 0) is 37.8 Å². The molecule has 1 aliphatic carbocycles. The minimum Gasteiger partial charge on any atom is -1.00 e. The first-order valence-electron chi connectivity index (χ1n) is 11.2. The summed E-state index contributed by atoms with van der Waals surface area (Å²) in [4.78, 5) is 0. The minimum atomic E-state index is 0. The zero-order valence-corrected chi connectivity index (χ0v) is 24.3. The van der Waals surface area contributed by atoms with Crippen molar-refractivity contribution in [3.05, 3.63) is 90.0 Å². The molecule has 0 fully saturated rings. The van der Waals surface area contributed by atoms with Crippen LogP contribution in [0.15, 0.2) is 84.4 Å². The maximum Gasteiger partial charge on any atom is 0.209 e. The highest BCUT2D eigenvalue weighted by Gasteiger charge is 2.57. The van der Waals surface area contributed by atoms with Crippen molar-refractivity contribution in [3.8, 4) is 11.1 Å². The summed E-state index contributed by atoms with van der Waals surface area (Å²) in [7, 11) is 2.20. The number of allylic oxidation sites excluding steroid dienone is 2. The second-order valence-electron chi connectivity index (χ2n) is 9.96. The molecule has 2 heterocycles. The van der Waals surface area contributed by atoms with E-state index >= 15 is 0 Å². The highest BCUT2D eigenvalue weighted by atomic mass is 127. The van der Waals surface area contributed by atoms with E-state index in [1.807, 2.05) is 0 Å². The molecule has 3 aromatic carbocycles. The van der Waals surface area contributed by atoms with Crippen LogP contribution in [0.5, 0.6) is 0 Å². The normalized spacial score (nSPS) is 20.6. The summed E-state index contributed by atoms with van der Waals surface area (Å²) >= 11 is 0. The second-order valence-corrected chi connectivity index (χ2v) is 9.96. The van der Waals surface area contributed by atoms with Crippen LogP contribution in [-0.4, -0.2) is 17.3 Å². The van der Waals surface area contributed by atoms with E-state index in [-0.39, 0.29) is 58.8 Å². The van der Waals surface area contributed by atoms with Crippen LogP contribution in [0.25, 0.3) is 11.1 Å². The van der Waals surface area contributed by atoms with E-state index in [2.05, 4.69) is 124 Å². The average molecular weight is 662 g/mol. The Morgan fingerprint density at radius 1 is 0.758 bits per heavy atom. The molecule has 0 saturated carbocycles. The third-order valence-electron chi connectivity index (χ3n) is 7.66. The van der Waals surface area contributed by atoms with Crippen molar-refractivity contribution in [2.24, 2.45) is 5.41 Å². The van der Waals surface area contributed by atoms with Crippen LogP contribution in [0.3, 0.4) is 0 Å². The number of hydrogen-bond donors (Lipinski definition) is 1. The molecule has 2 aliphatic heterocycles. The summed E-state index contributed by atoms with van der Waals surface area (Å²) in [5.41, 5.74) is 11.6. The zero-order chi connectivity index (χ0) is 21.8. The molecular weight excluding hydrogens is 630 g/mol. The number of benzene rings is 3. The first-order chi connectivity index (χ1) is 14.8. The summed E-state index contributed by atoms with van der Waals surface area (Å²) in [6, 6.07) is 25.9. The van der Waals surface area contributed by atoms with Gasteiger partial charge in [-0.25, -0.2) is 0 Å². The summed E-state index contributed by atoms with van der Waals surface area (Å²) in [5, 5.41) is 2.24. The fraction of sp³-hybridized carbons (Fsp3) is 0.276. The lowest BCUT2D eigenvalue weighted by molar-refractivity contribution is -0.473. The van der Waals surface area contributed by atoms with Crippen molar-refractivity contribution >= 4 is 22.8 Å². The summed E-state index contributed by atoms with van der Waals surface area (Å²) in [6.45, 7) is 9.47. The Balaban J connectivity index is 0.000000182. The third-order valence-corrected chi connectivity index (χ3v) is 7.66. The van der Waals surface area contributed by atoms with E-state index in [0.717, 1.165) is 0 Å². The lowest BCUT2D eigenvalue weighted by Crippen LogP contribution is -3.00. The van der Waals surface area contributed by atoms with Gasteiger partial charge in [0.05, 0.1) is 5.41 Å². The van der Waals surface area contributed by atoms with E-state index in [4.69, 9.17) is 0 Å². The van der Waals surface area contributed by atoms with E-state index < -0.39 is 0 Å². The molecule has 1 atom stereocenters. The van der Waals surface area contributed by atoms with Gasteiger partial charge >= 0.3 is 0 Å². The van der Waals surface area contributed by atoms with Gasteiger partial charge in [-0.3, -0.25) is 5.32 Å². The van der Waals surface area contributed by atoms with E-state index in [0.29, 0.717) is 0 Å². The molecule has 0 radical (unpaired) electrons. The Morgan fingerprint density at radius 3 is 1.88 bits per heavy atom. The second kappa shape index (κ2) is 9.62. The fourth-order valence-corrected chi connectivity index (χ4v) is 5.81. The van der Waals surface area contributed by atoms with Gasteiger partial charge in [0.1, 0.15) is 18.4 Å². The molecule has 4 heteroatoms. The Bertz CT molecular complexity index is 1210. The smallest absolute Gasteiger partial charge is 0.209 e. The molecule has 172 valence electrons. The van der Waals surface area contributed by atoms with Crippen molar-refractivity contribution in [2.45, 2.75) is 39.5 Å². The summed E-state index contributed by atoms with van der Waals surface area (Å²) in [6.07, 6.45) is 3.57. The number of hydrogen-bond acceptors (Lipinski definition) is 0. The van der Waals surface area contributed by atoms with E-state index in [1.54, 1.807) is 0 Å². The predicted molar refractivity (Wildman–Crippen MR) is 130 cm³/mol. The third kappa shape index (κ3) is 4.12. The maximum atomic E-state index is 2.41. The van der Waals surface area contributed by atoms with Crippen molar-refractivity contribution < 1.29 is 57.8 Å². The number of nitrogens with two attached hydrogens (primary N) is 1. The van der Waals surface area contributed by atoms with Gasteiger partial charge in [0, 0.05) is 41.0 Å². The Morgan fingerprint density at radius 2 is 1.27 bits per heavy atom. The van der Waals surface area contributed by atoms with Gasteiger partial charge in [-0.1, -0.05) is 61.9 Å². The first kappa shape index (κ1) is 26.1. The summed E-state index contributed by atoms with van der Waals surface area (Å²) in [5.74, 6) is 0. The highest BCUT2D eigenvalue weighted by molar-refractivity contribution is 6.05. The highest BCUT2D eigenvalue weighted by Crippen LogP contribution is 2.54. The van der Waals surface area contributed by atoms with E-state index in [1.165, 1.54) is 51.5 Å². The lowest BCUT2D eigenvalue weighted by Gasteiger charge is -2.43. The monoisotopic (exact) mass is 662 g/mol. The Hall–Kier alpha value is -1.51. The molecule has 33 heavy (non-hydrogen) atoms. The molecule has 6 rings (SSSR count). The van der Waals surface area contributed by atoms with Gasteiger partial charge in [0.15, 0.2) is 5.71 Å². The molecule has 0 spiro atoms. The van der Waals surface area contributed by atoms with Crippen molar-refractivity contribution in [3.63, 3.8) is 0 Å². The lowest BCUT2D eigenvalue weighted by atomic mass is 9.56. The Labute approximate surface area is 232 Å². The minimum absolute atomic E-state index is 0. The number of fused-ring (bicyclic) bond motifs is 6. The van der Waals surface area contributed by atoms with Crippen molar-refractivity contribution in [2.75, 3.05) is 7.05 Å². The van der Waals surface area contributed by atoms with E-state index in [9.17, 15) is 0 Å². The van der Waals surface area contributed by atoms with Crippen LogP contribution >= 0.6 is 0 Å². The molecule has 0 saturated heterocycles. The maximum absolute atomic E-state index is 2.41. The molecule has 2 nitrogen and oxygen atoms in total. The molecule has 0 amide bonds. The largest absolute Gasteiger partial charge is 1.00 e. The predicted octanol–water partition coefficient (Wildman–Crippen LogP) is 0.251. The molecule has 0 bridgehead atoms. The zero-order valence-electron chi connectivity index (χ0n) is 20.0. The first-order valence-corrected chi connectivity index (χ1v) is 11.2. The van der Waals surface area contributed by atoms with Gasteiger partial charge < -0.3 is 48.0 Å². The molecule has 2 N–H and O–H groups in total. The number of quaternary nitrogens is 1. The average Bonchev–Trinajstić information content (AvgIpc) is 3.24. The number of para-hydroxylation sites is 3. The SMILES string of the molecule is CC1=CC2=[N+](C)c3ccccc3C2(C)C(C)(C)C1.[I-].[I-].c1ccc2c(c1)[NH2+]c1ccccc1-2. The topological polar surface area (TPSA) is 19.6 Å². The molecule has 0 aromatic heterocycles. The van der Waals surface area contributed by atoms with Crippen LogP contribution < -0.4 is 53.3 Å². The standard InChI is InChI=1S/C17H22N.C12H9N.2HI/c1-12-10-15-17(4,16(2,3)11-12)13-8-6-7-9-14(13)18(15)5;1-3-7-11-9(5-1)10-6-2-4-8-12(10)13-11;;/h6-10H,11H2,1-5H3;1-8,13H;2*1H/q+1;;;/p-1. The van der Waals surface area contributed by atoms with Gasteiger partial charge in [-0.15, -0.1) is 0 Å². The summed E-state index contributed by atoms with van der Waals surface area (Å²) < 4.78 is 2.37.